The van der Waals surface area contributed by atoms with Crippen LogP contribution in [0.5, 0.6) is 0 Å². The highest BCUT2D eigenvalue weighted by Crippen LogP contribution is 2.33. The molecule has 1 atom stereocenters. The molecule has 0 aliphatic heterocycles. The van der Waals surface area contributed by atoms with E-state index < -0.39 is 0 Å². The number of rotatable bonds is 4. The van der Waals surface area contributed by atoms with E-state index in [1.165, 1.54) is 5.57 Å². The van der Waals surface area contributed by atoms with Gasteiger partial charge in [-0.2, -0.15) is 0 Å². The Balaban J connectivity index is 1.87. The molecule has 124 valence electrons. The van der Waals surface area contributed by atoms with Crippen LogP contribution in [0.4, 0.5) is 4.39 Å². The van der Waals surface area contributed by atoms with Crippen molar-refractivity contribution in [3.05, 3.63) is 71.2 Å². The molecule has 0 radical (unpaired) electrons. The first-order chi connectivity index (χ1) is 11.6. The van der Waals surface area contributed by atoms with Crippen LogP contribution in [0.25, 0.3) is 16.8 Å². The van der Waals surface area contributed by atoms with E-state index in [4.69, 9.17) is 11.6 Å². The van der Waals surface area contributed by atoms with E-state index in [0.717, 1.165) is 30.4 Å². The molecular weight excluding hydrogens is 321 g/mol. The van der Waals surface area contributed by atoms with Gasteiger partial charge in [-0.05, 0) is 60.4 Å². The Bertz CT molecular complexity index is 777. The third kappa shape index (κ3) is 3.29. The van der Waals surface area contributed by atoms with Crippen LogP contribution in [0.2, 0.25) is 5.02 Å². The van der Waals surface area contributed by atoms with E-state index in [2.05, 4.69) is 17.6 Å². The minimum atomic E-state index is -0.387. The van der Waals surface area contributed by atoms with E-state index in [0.29, 0.717) is 23.6 Å². The molecule has 3 rings (SSSR count). The predicted octanol–water partition coefficient (Wildman–Crippen LogP) is 6.47. The molecule has 1 nitrogen and oxygen atoms in total. The van der Waals surface area contributed by atoms with E-state index in [1.807, 2.05) is 37.4 Å². The molecule has 24 heavy (non-hydrogen) atoms. The lowest BCUT2D eigenvalue weighted by Crippen LogP contribution is -2.02. The summed E-state index contributed by atoms with van der Waals surface area (Å²) in [4.78, 5) is 4.46. The van der Waals surface area contributed by atoms with Gasteiger partial charge in [0.1, 0.15) is 0 Å². The highest BCUT2D eigenvalue weighted by Gasteiger charge is 2.15. The molecule has 0 saturated carbocycles. The molecule has 1 unspecified atom stereocenters. The molecular formula is C21H21ClFN. The number of halogens is 2. The van der Waals surface area contributed by atoms with Gasteiger partial charge in [-0.25, -0.2) is 4.39 Å². The van der Waals surface area contributed by atoms with Gasteiger partial charge in [0, 0.05) is 11.8 Å². The summed E-state index contributed by atoms with van der Waals surface area (Å²) in [5, 5.41) is 0.200. The molecule has 1 aliphatic carbocycles. The van der Waals surface area contributed by atoms with E-state index in [1.54, 1.807) is 6.07 Å². The second-order valence-electron chi connectivity index (χ2n) is 6.19. The molecule has 1 heterocycles. The predicted molar refractivity (Wildman–Crippen MR) is 99.5 cm³/mol. The molecule has 1 aromatic heterocycles. The van der Waals surface area contributed by atoms with Gasteiger partial charge in [0.05, 0.1) is 10.7 Å². The Kier molecular flexibility index (Phi) is 5.15. The summed E-state index contributed by atoms with van der Waals surface area (Å²) in [5.74, 6) is 0.191. The molecule has 0 N–H and O–H groups in total. The highest BCUT2D eigenvalue weighted by atomic mass is 35.5. The first-order valence-corrected chi connectivity index (χ1v) is 8.77. The molecule has 0 bridgehead atoms. The van der Waals surface area contributed by atoms with Gasteiger partial charge in [0.15, 0.2) is 5.82 Å². The SMILES string of the molecule is C=CC1CC=C(c2ccc(-c3ccc(CC)c(Cl)c3F)nc2)CC1. The number of hydrogen-bond donors (Lipinski definition) is 0. The van der Waals surface area contributed by atoms with Crippen LogP contribution in [0, 0.1) is 11.7 Å². The zero-order chi connectivity index (χ0) is 17.1. The van der Waals surface area contributed by atoms with Crippen molar-refractivity contribution < 1.29 is 4.39 Å². The molecule has 1 aromatic carbocycles. The Morgan fingerprint density at radius 1 is 1.33 bits per heavy atom. The maximum atomic E-state index is 14.5. The summed E-state index contributed by atoms with van der Waals surface area (Å²) >= 11 is 6.11. The topological polar surface area (TPSA) is 12.9 Å². The van der Waals surface area contributed by atoms with Crippen molar-refractivity contribution in [1.29, 1.82) is 0 Å². The molecule has 0 spiro atoms. The van der Waals surface area contributed by atoms with Gasteiger partial charge < -0.3 is 0 Å². The van der Waals surface area contributed by atoms with Gasteiger partial charge >= 0.3 is 0 Å². The van der Waals surface area contributed by atoms with Crippen LogP contribution in [0.15, 0.2) is 49.2 Å². The van der Waals surface area contributed by atoms with Crippen molar-refractivity contribution >= 4 is 17.2 Å². The molecule has 0 fully saturated rings. The van der Waals surface area contributed by atoms with Crippen LogP contribution in [0.3, 0.4) is 0 Å². The van der Waals surface area contributed by atoms with E-state index in [-0.39, 0.29) is 10.8 Å². The minimum absolute atomic E-state index is 0.200. The fourth-order valence-corrected chi connectivity index (χ4v) is 3.43. The fraction of sp³-hybridized carbons (Fsp3) is 0.286. The van der Waals surface area contributed by atoms with Crippen LogP contribution in [-0.4, -0.2) is 4.98 Å². The summed E-state index contributed by atoms with van der Waals surface area (Å²) in [6.45, 7) is 5.83. The first-order valence-electron chi connectivity index (χ1n) is 8.39. The number of benzene rings is 1. The Morgan fingerprint density at radius 3 is 2.75 bits per heavy atom. The second-order valence-corrected chi connectivity index (χ2v) is 6.56. The molecule has 0 amide bonds. The monoisotopic (exact) mass is 341 g/mol. The first kappa shape index (κ1) is 16.9. The normalized spacial score (nSPS) is 17.5. The third-order valence-electron chi connectivity index (χ3n) is 4.74. The lowest BCUT2D eigenvalue weighted by molar-refractivity contribution is 0.593. The molecule has 0 saturated heterocycles. The Morgan fingerprint density at radius 2 is 2.17 bits per heavy atom. The number of allylic oxidation sites excluding steroid dienone is 3. The number of hydrogen-bond acceptors (Lipinski definition) is 1. The minimum Gasteiger partial charge on any atom is -0.256 e. The lowest BCUT2D eigenvalue weighted by Gasteiger charge is -2.19. The van der Waals surface area contributed by atoms with Crippen molar-refractivity contribution in [2.75, 3.05) is 0 Å². The summed E-state index contributed by atoms with van der Waals surface area (Å²) in [6, 6.07) is 7.52. The van der Waals surface area contributed by atoms with Crippen molar-refractivity contribution in [3.63, 3.8) is 0 Å². The van der Waals surface area contributed by atoms with Crippen molar-refractivity contribution in [3.8, 4) is 11.3 Å². The third-order valence-corrected chi connectivity index (χ3v) is 5.15. The van der Waals surface area contributed by atoms with Gasteiger partial charge in [-0.3, -0.25) is 4.98 Å². The maximum Gasteiger partial charge on any atom is 0.151 e. The summed E-state index contributed by atoms with van der Waals surface area (Å²) < 4.78 is 14.5. The molecule has 3 heteroatoms. The van der Waals surface area contributed by atoms with Gasteiger partial charge in [0.2, 0.25) is 0 Å². The number of aryl methyl sites for hydroxylation is 1. The summed E-state index contributed by atoms with van der Waals surface area (Å²) in [6.07, 6.45) is 10.0. The second kappa shape index (κ2) is 7.31. The zero-order valence-corrected chi connectivity index (χ0v) is 14.6. The molecule has 1 aliphatic rings. The maximum absolute atomic E-state index is 14.5. The van der Waals surface area contributed by atoms with Crippen molar-refractivity contribution in [2.45, 2.75) is 32.6 Å². The van der Waals surface area contributed by atoms with Gasteiger partial charge in [-0.1, -0.05) is 42.8 Å². The van der Waals surface area contributed by atoms with Crippen molar-refractivity contribution in [2.24, 2.45) is 5.92 Å². The van der Waals surface area contributed by atoms with Crippen LogP contribution < -0.4 is 0 Å². The summed E-state index contributed by atoms with van der Waals surface area (Å²) in [5.41, 5.74) is 4.30. The number of pyridine rings is 1. The van der Waals surface area contributed by atoms with E-state index in [9.17, 15) is 4.39 Å². The Labute approximate surface area is 147 Å². The van der Waals surface area contributed by atoms with Crippen molar-refractivity contribution in [1.82, 2.24) is 4.98 Å². The quantitative estimate of drug-likeness (QED) is 0.580. The van der Waals surface area contributed by atoms with Gasteiger partial charge in [-0.15, -0.1) is 6.58 Å². The van der Waals surface area contributed by atoms with Crippen LogP contribution in [-0.2, 0) is 6.42 Å². The Hall–Kier alpha value is -1.93. The lowest BCUT2D eigenvalue weighted by atomic mass is 9.87. The van der Waals surface area contributed by atoms with Gasteiger partial charge in [0.25, 0.3) is 0 Å². The number of nitrogens with zero attached hydrogens (tertiary/aromatic N) is 1. The average molecular weight is 342 g/mol. The average Bonchev–Trinajstić information content (AvgIpc) is 2.64. The van der Waals surface area contributed by atoms with E-state index >= 15 is 0 Å². The van der Waals surface area contributed by atoms with Crippen LogP contribution in [0.1, 0.15) is 37.3 Å². The fourth-order valence-electron chi connectivity index (χ4n) is 3.13. The smallest absolute Gasteiger partial charge is 0.151 e. The number of aromatic nitrogens is 1. The zero-order valence-electron chi connectivity index (χ0n) is 13.9. The standard InChI is InChI=1S/C21H21ClFN/c1-3-14-5-7-16(8-6-14)17-10-12-19(24-13-17)18-11-9-15(4-2)20(22)21(18)23/h3,7,9-14H,1,4-6,8H2,2H3. The highest BCUT2D eigenvalue weighted by molar-refractivity contribution is 6.31. The van der Waals surface area contributed by atoms with Crippen LogP contribution >= 0.6 is 11.6 Å². The summed E-state index contributed by atoms with van der Waals surface area (Å²) in [7, 11) is 0. The largest absolute Gasteiger partial charge is 0.256 e. The molecule has 2 aromatic rings.